The molecule has 0 radical (unpaired) electrons. The number of aromatic nitrogens is 3. The molecule has 0 spiro atoms. The van der Waals surface area contributed by atoms with E-state index < -0.39 is 4.92 Å². The summed E-state index contributed by atoms with van der Waals surface area (Å²) in [6.45, 7) is 0. The normalized spacial score (nSPS) is 10.7. The van der Waals surface area contributed by atoms with E-state index >= 15 is 0 Å². The summed E-state index contributed by atoms with van der Waals surface area (Å²) in [5.41, 5.74) is 3.42. The highest BCUT2D eigenvalue weighted by Crippen LogP contribution is 2.27. The first kappa shape index (κ1) is 16.8. The highest BCUT2D eigenvalue weighted by atomic mass is 32.1. The molecule has 0 atom stereocenters. The van der Waals surface area contributed by atoms with Gasteiger partial charge in [0.2, 0.25) is 5.13 Å². The minimum Gasteiger partial charge on any atom is -0.298 e. The number of nitro benzene ring substituents is 1. The molecule has 0 aliphatic carbocycles. The van der Waals surface area contributed by atoms with Gasteiger partial charge in [-0.2, -0.15) is 5.10 Å². The molecular formula is C19H12N4O3S. The van der Waals surface area contributed by atoms with Crippen LogP contribution in [0.4, 0.5) is 5.69 Å². The van der Waals surface area contributed by atoms with Gasteiger partial charge in [-0.25, -0.2) is 9.67 Å². The minimum absolute atomic E-state index is 0.0319. The van der Waals surface area contributed by atoms with E-state index in [9.17, 15) is 14.9 Å². The van der Waals surface area contributed by atoms with E-state index in [2.05, 4.69) is 10.1 Å². The molecule has 0 bridgehead atoms. The average molecular weight is 376 g/mol. The molecule has 7 nitrogen and oxygen atoms in total. The second kappa shape index (κ2) is 6.93. The number of benzene rings is 2. The summed E-state index contributed by atoms with van der Waals surface area (Å²) in [5.74, 6) is 0. The van der Waals surface area contributed by atoms with Crippen LogP contribution in [0.3, 0.4) is 0 Å². The van der Waals surface area contributed by atoms with Crippen LogP contribution in [0.1, 0.15) is 10.4 Å². The lowest BCUT2D eigenvalue weighted by molar-refractivity contribution is -0.384. The Kier molecular flexibility index (Phi) is 4.31. The standard InChI is InChI=1S/C19H12N4O3S/c24-11-15-10-22(21-18(15)14-4-2-1-3-5-14)19-20-17(12-27-19)13-6-8-16(9-7-13)23(25)26/h1-12H. The van der Waals surface area contributed by atoms with Crippen molar-refractivity contribution in [2.75, 3.05) is 0 Å². The highest BCUT2D eigenvalue weighted by Gasteiger charge is 2.14. The molecule has 0 aliphatic heterocycles. The van der Waals surface area contributed by atoms with E-state index in [1.807, 2.05) is 35.7 Å². The van der Waals surface area contributed by atoms with Crippen molar-refractivity contribution in [3.63, 3.8) is 0 Å². The summed E-state index contributed by atoms with van der Waals surface area (Å²) in [7, 11) is 0. The second-order valence-electron chi connectivity index (χ2n) is 5.68. The molecule has 0 saturated carbocycles. The maximum absolute atomic E-state index is 11.4. The summed E-state index contributed by atoms with van der Waals surface area (Å²) < 4.78 is 1.58. The molecule has 2 heterocycles. The number of rotatable bonds is 5. The zero-order valence-electron chi connectivity index (χ0n) is 13.9. The largest absolute Gasteiger partial charge is 0.298 e. The topological polar surface area (TPSA) is 90.9 Å². The van der Waals surface area contributed by atoms with Gasteiger partial charge in [0.25, 0.3) is 5.69 Å². The molecule has 132 valence electrons. The van der Waals surface area contributed by atoms with E-state index in [0.29, 0.717) is 22.1 Å². The smallest absolute Gasteiger partial charge is 0.269 e. The Hall–Kier alpha value is -3.65. The molecule has 0 fully saturated rings. The molecule has 27 heavy (non-hydrogen) atoms. The number of non-ortho nitro benzene ring substituents is 1. The van der Waals surface area contributed by atoms with Crippen molar-refractivity contribution in [1.29, 1.82) is 0 Å². The van der Waals surface area contributed by atoms with Crippen LogP contribution in [0.5, 0.6) is 0 Å². The number of thiazole rings is 1. The zero-order valence-corrected chi connectivity index (χ0v) is 14.7. The van der Waals surface area contributed by atoms with E-state index in [-0.39, 0.29) is 5.69 Å². The van der Waals surface area contributed by atoms with Crippen molar-refractivity contribution < 1.29 is 9.72 Å². The summed E-state index contributed by atoms with van der Waals surface area (Å²) in [4.78, 5) is 26.3. The number of hydrogen-bond acceptors (Lipinski definition) is 6. The van der Waals surface area contributed by atoms with Gasteiger partial charge in [-0.05, 0) is 12.1 Å². The lowest BCUT2D eigenvalue weighted by Gasteiger charge is -1.98. The molecule has 4 rings (SSSR count). The van der Waals surface area contributed by atoms with Crippen molar-refractivity contribution in [3.05, 3.63) is 81.9 Å². The van der Waals surface area contributed by atoms with Crippen molar-refractivity contribution in [1.82, 2.24) is 14.8 Å². The Labute approximate surface area is 157 Å². The molecule has 4 aromatic rings. The van der Waals surface area contributed by atoms with E-state index in [1.54, 1.807) is 23.0 Å². The summed E-state index contributed by atoms with van der Waals surface area (Å²) in [6.07, 6.45) is 2.42. The molecule has 0 amide bonds. The number of nitro groups is 1. The van der Waals surface area contributed by atoms with E-state index in [0.717, 1.165) is 17.4 Å². The quantitative estimate of drug-likeness (QED) is 0.293. The van der Waals surface area contributed by atoms with Gasteiger partial charge >= 0.3 is 0 Å². The number of aldehydes is 1. The van der Waals surface area contributed by atoms with Crippen LogP contribution in [0.15, 0.2) is 66.2 Å². The van der Waals surface area contributed by atoms with Gasteiger partial charge in [-0.3, -0.25) is 14.9 Å². The van der Waals surface area contributed by atoms with Gasteiger partial charge in [0.05, 0.1) is 16.2 Å². The van der Waals surface area contributed by atoms with Crippen LogP contribution in [-0.4, -0.2) is 26.0 Å². The predicted molar refractivity (Wildman–Crippen MR) is 102 cm³/mol. The third-order valence-electron chi connectivity index (χ3n) is 3.98. The number of nitrogens with zero attached hydrogens (tertiary/aromatic N) is 4. The zero-order chi connectivity index (χ0) is 18.8. The lowest BCUT2D eigenvalue weighted by Crippen LogP contribution is -1.94. The monoisotopic (exact) mass is 376 g/mol. The maximum Gasteiger partial charge on any atom is 0.269 e. The van der Waals surface area contributed by atoms with Gasteiger partial charge in [-0.15, -0.1) is 11.3 Å². The Balaban J connectivity index is 1.68. The first-order chi connectivity index (χ1) is 13.2. The van der Waals surface area contributed by atoms with Crippen molar-refractivity contribution in [2.45, 2.75) is 0 Å². The van der Waals surface area contributed by atoms with Crippen LogP contribution < -0.4 is 0 Å². The van der Waals surface area contributed by atoms with Crippen molar-refractivity contribution in [2.24, 2.45) is 0 Å². The highest BCUT2D eigenvalue weighted by molar-refractivity contribution is 7.12. The third kappa shape index (κ3) is 3.25. The fourth-order valence-corrected chi connectivity index (χ4v) is 3.41. The summed E-state index contributed by atoms with van der Waals surface area (Å²) in [6, 6.07) is 15.7. The van der Waals surface area contributed by atoms with Crippen LogP contribution >= 0.6 is 11.3 Å². The third-order valence-corrected chi connectivity index (χ3v) is 4.81. The molecule has 0 N–H and O–H groups in total. The van der Waals surface area contributed by atoms with Gasteiger partial charge in [-0.1, -0.05) is 30.3 Å². The van der Waals surface area contributed by atoms with Gasteiger partial charge < -0.3 is 0 Å². The lowest BCUT2D eigenvalue weighted by atomic mass is 10.1. The Morgan fingerprint density at radius 3 is 2.44 bits per heavy atom. The van der Waals surface area contributed by atoms with E-state index in [1.165, 1.54) is 23.5 Å². The first-order valence-electron chi connectivity index (χ1n) is 7.96. The van der Waals surface area contributed by atoms with Crippen molar-refractivity contribution in [3.8, 4) is 27.6 Å². The molecule has 8 heteroatoms. The predicted octanol–water partition coefficient (Wildman–Crippen LogP) is 4.38. The first-order valence-corrected chi connectivity index (χ1v) is 8.84. The minimum atomic E-state index is -0.438. The van der Waals surface area contributed by atoms with E-state index in [4.69, 9.17) is 0 Å². The van der Waals surface area contributed by atoms with Gasteiger partial charge in [0.15, 0.2) is 6.29 Å². The van der Waals surface area contributed by atoms with Gasteiger partial charge in [0.1, 0.15) is 5.69 Å². The van der Waals surface area contributed by atoms with Crippen molar-refractivity contribution >= 4 is 23.3 Å². The van der Waals surface area contributed by atoms with Crippen LogP contribution in [0.2, 0.25) is 0 Å². The second-order valence-corrected chi connectivity index (χ2v) is 6.52. The summed E-state index contributed by atoms with van der Waals surface area (Å²) >= 11 is 1.38. The average Bonchev–Trinajstić information content (AvgIpc) is 3.36. The molecule has 2 aromatic carbocycles. The van der Waals surface area contributed by atoms with Crippen LogP contribution in [-0.2, 0) is 0 Å². The Morgan fingerprint density at radius 2 is 1.78 bits per heavy atom. The van der Waals surface area contributed by atoms with Crippen LogP contribution in [0, 0.1) is 10.1 Å². The maximum atomic E-state index is 11.4. The number of carbonyl (C=O) groups is 1. The molecule has 0 saturated heterocycles. The molecule has 2 aromatic heterocycles. The Morgan fingerprint density at radius 1 is 1.04 bits per heavy atom. The molecular weight excluding hydrogens is 364 g/mol. The van der Waals surface area contributed by atoms with Crippen LogP contribution in [0.25, 0.3) is 27.6 Å². The number of carbonyl (C=O) groups excluding carboxylic acids is 1. The molecule has 0 unspecified atom stereocenters. The summed E-state index contributed by atoms with van der Waals surface area (Å²) in [5, 5.41) is 17.7. The number of hydrogen-bond donors (Lipinski definition) is 0. The van der Waals surface area contributed by atoms with Gasteiger partial charge in [0, 0.05) is 34.8 Å². The fraction of sp³-hybridized carbons (Fsp3) is 0. The SMILES string of the molecule is O=Cc1cn(-c2nc(-c3ccc([N+](=O)[O-])cc3)cs2)nc1-c1ccccc1. The molecule has 0 aliphatic rings. The fourth-order valence-electron chi connectivity index (χ4n) is 2.65. The Bertz CT molecular complexity index is 1120.